The summed E-state index contributed by atoms with van der Waals surface area (Å²) in [5.74, 6) is 0.653. The Labute approximate surface area is 206 Å². The molecule has 7 nitrogen and oxygen atoms in total. The number of aromatic nitrogens is 2. The van der Waals surface area contributed by atoms with Crippen molar-refractivity contribution in [3.8, 4) is 11.5 Å². The second-order valence-electron chi connectivity index (χ2n) is 6.84. The Hall–Kier alpha value is -3.07. The zero-order chi connectivity index (χ0) is 23.5. The standard InChI is InChI=1S/C23H16BrCl2N3O4/c1-32-18-10-14(11-27-29-22(30)15-7-3-5-9-17(15)28-23(29)31)19(24)20(26)21(18)33-12-13-6-2-4-8-16(13)25/h2-11H,12H2,1H3,(H,28,31). The zero-order valence-electron chi connectivity index (χ0n) is 17.1. The summed E-state index contributed by atoms with van der Waals surface area (Å²) in [6.07, 6.45) is 1.34. The topological polar surface area (TPSA) is 85.7 Å². The van der Waals surface area contributed by atoms with Gasteiger partial charge in [-0.1, -0.05) is 53.5 Å². The van der Waals surface area contributed by atoms with E-state index in [4.69, 9.17) is 32.7 Å². The fourth-order valence-electron chi connectivity index (χ4n) is 3.13. The number of methoxy groups -OCH3 is 1. The lowest BCUT2D eigenvalue weighted by Gasteiger charge is -2.15. The van der Waals surface area contributed by atoms with Crippen molar-refractivity contribution in [2.45, 2.75) is 6.61 Å². The summed E-state index contributed by atoms with van der Waals surface area (Å²) in [6.45, 7) is 0.178. The van der Waals surface area contributed by atoms with Crippen LogP contribution in [0.15, 0.2) is 73.8 Å². The number of H-pyrrole nitrogens is 1. The third-order valence-electron chi connectivity index (χ3n) is 4.80. The summed E-state index contributed by atoms with van der Waals surface area (Å²) in [5, 5.41) is 5.22. The summed E-state index contributed by atoms with van der Waals surface area (Å²) < 4.78 is 12.5. The van der Waals surface area contributed by atoms with E-state index in [9.17, 15) is 9.59 Å². The Balaban J connectivity index is 1.70. The highest BCUT2D eigenvalue weighted by Gasteiger charge is 2.18. The molecular weight excluding hydrogens is 533 g/mol. The summed E-state index contributed by atoms with van der Waals surface area (Å²) in [7, 11) is 1.47. The molecule has 0 unspecified atom stereocenters. The van der Waals surface area contributed by atoms with E-state index in [2.05, 4.69) is 26.0 Å². The SMILES string of the molecule is COc1cc(C=Nn2c(=O)[nH]c3ccccc3c2=O)c(Br)c(Cl)c1OCc1ccccc1Cl. The van der Waals surface area contributed by atoms with Crippen LogP contribution in [0, 0.1) is 0 Å². The minimum atomic E-state index is -0.663. The van der Waals surface area contributed by atoms with E-state index in [1.54, 1.807) is 36.4 Å². The molecule has 4 rings (SSSR count). The molecule has 168 valence electrons. The largest absolute Gasteiger partial charge is 0.493 e. The van der Waals surface area contributed by atoms with Gasteiger partial charge in [-0.05, 0) is 40.2 Å². The minimum Gasteiger partial charge on any atom is -0.493 e. The molecule has 0 spiro atoms. The fraction of sp³-hybridized carbons (Fsp3) is 0.0870. The molecule has 0 bridgehead atoms. The number of hydrogen-bond acceptors (Lipinski definition) is 5. The minimum absolute atomic E-state index is 0.178. The van der Waals surface area contributed by atoms with E-state index in [1.807, 2.05) is 18.2 Å². The highest BCUT2D eigenvalue weighted by atomic mass is 79.9. The molecule has 0 radical (unpaired) electrons. The number of nitrogens with one attached hydrogen (secondary N) is 1. The quantitative estimate of drug-likeness (QED) is 0.334. The summed E-state index contributed by atoms with van der Waals surface area (Å²) in [6, 6.07) is 15.6. The molecule has 0 fully saturated rings. The number of rotatable bonds is 6. The summed E-state index contributed by atoms with van der Waals surface area (Å²) >= 11 is 16.2. The molecule has 1 N–H and O–H groups in total. The van der Waals surface area contributed by atoms with Gasteiger partial charge in [-0.25, -0.2) is 4.79 Å². The normalized spacial score (nSPS) is 11.3. The van der Waals surface area contributed by atoms with Crippen LogP contribution >= 0.6 is 39.1 Å². The second-order valence-corrected chi connectivity index (χ2v) is 8.42. The molecule has 10 heteroatoms. The number of ether oxygens (including phenoxy) is 2. The second kappa shape index (κ2) is 9.82. The summed E-state index contributed by atoms with van der Waals surface area (Å²) in [5.41, 5.74) is 0.489. The molecule has 33 heavy (non-hydrogen) atoms. The van der Waals surface area contributed by atoms with Crippen LogP contribution in [0.4, 0.5) is 0 Å². The Morgan fingerprint density at radius 2 is 1.85 bits per heavy atom. The van der Waals surface area contributed by atoms with Gasteiger partial charge >= 0.3 is 5.69 Å². The van der Waals surface area contributed by atoms with Crippen molar-refractivity contribution in [1.29, 1.82) is 0 Å². The third kappa shape index (κ3) is 4.68. The molecule has 3 aromatic carbocycles. The van der Waals surface area contributed by atoms with E-state index in [0.29, 0.717) is 37.5 Å². The molecule has 0 saturated carbocycles. The van der Waals surface area contributed by atoms with Crippen LogP contribution in [0.3, 0.4) is 0 Å². The van der Waals surface area contributed by atoms with Crippen LogP contribution in [0.5, 0.6) is 11.5 Å². The molecule has 1 heterocycles. The number of benzene rings is 3. The molecule has 0 atom stereocenters. The van der Waals surface area contributed by atoms with E-state index in [-0.39, 0.29) is 11.6 Å². The van der Waals surface area contributed by atoms with Crippen molar-refractivity contribution < 1.29 is 9.47 Å². The van der Waals surface area contributed by atoms with Crippen LogP contribution in [0.2, 0.25) is 10.0 Å². The average Bonchev–Trinajstić information content (AvgIpc) is 2.81. The first kappa shape index (κ1) is 23.1. The fourth-order valence-corrected chi connectivity index (χ4v) is 3.97. The van der Waals surface area contributed by atoms with Gasteiger partial charge in [0.05, 0.1) is 24.2 Å². The first-order valence-corrected chi connectivity index (χ1v) is 11.2. The lowest BCUT2D eigenvalue weighted by Crippen LogP contribution is -2.32. The van der Waals surface area contributed by atoms with Gasteiger partial charge < -0.3 is 14.5 Å². The Kier molecular flexibility index (Phi) is 6.88. The number of aromatic amines is 1. The van der Waals surface area contributed by atoms with Gasteiger partial charge in [0.15, 0.2) is 11.5 Å². The first-order valence-electron chi connectivity index (χ1n) is 9.61. The number of halogens is 3. The van der Waals surface area contributed by atoms with Gasteiger partial charge in [0.1, 0.15) is 11.6 Å². The maximum absolute atomic E-state index is 12.7. The van der Waals surface area contributed by atoms with E-state index >= 15 is 0 Å². The molecule has 0 aliphatic rings. The zero-order valence-corrected chi connectivity index (χ0v) is 20.2. The van der Waals surface area contributed by atoms with Crippen LogP contribution in [-0.4, -0.2) is 23.0 Å². The molecule has 0 aliphatic carbocycles. The average molecular weight is 549 g/mol. The van der Waals surface area contributed by atoms with E-state index in [0.717, 1.165) is 10.2 Å². The monoisotopic (exact) mass is 547 g/mol. The number of para-hydroxylation sites is 1. The highest BCUT2D eigenvalue weighted by Crippen LogP contribution is 2.42. The maximum atomic E-state index is 12.7. The van der Waals surface area contributed by atoms with Crippen molar-refractivity contribution in [1.82, 2.24) is 9.66 Å². The number of fused-ring (bicyclic) bond motifs is 1. The predicted molar refractivity (Wildman–Crippen MR) is 133 cm³/mol. The van der Waals surface area contributed by atoms with Gasteiger partial charge in [-0.15, -0.1) is 4.68 Å². The van der Waals surface area contributed by atoms with E-state index in [1.165, 1.54) is 13.3 Å². The highest BCUT2D eigenvalue weighted by molar-refractivity contribution is 9.10. The first-order chi connectivity index (χ1) is 15.9. The number of hydrogen-bond donors (Lipinski definition) is 1. The van der Waals surface area contributed by atoms with Gasteiger partial charge in [0.2, 0.25) is 0 Å². The Bertz CT molecular complexity index is 1500. The maximum Gasteiger partial charge on any atom is 0.349 e. The molecular formula is C23H16BrCl2N3O4. The summed E-state index contributed by atoms with van der Waals surface area (Å²) in [4.78, 5) is 27.7. The van der Waals surface area contributed by atoms with Crippen LogP contribution < -0.4 is 20.7 Å². The van der Waals surface area contributed by atoms with Gasteiger partial charge in [0, 0.05) is 20.6 Å². The van der Waals surface area contributed by atoms with Crippen molar-refractivity contribution in [2.24, 2.45) is 5.10 Å². The smallest absolute Gasteiger partial charge is 0.349 e. The molecule has 1 aromatic heterocycles. The van der Waals surface area contributed by atoms with Crippen molar-refractivity contribution in [3.63, 3.8) is 0 Å². The van der Waals surface area contributed by atoms with Gasteiger partial charge in [-0.3, -0.25) is 4.79 Å². The Morgan fingerprint density at radius 1 is 1.12 bits per heavy atom. The van der Waals surface area contributed by atoms with Gasteiger partial charge in [0.25, 0.3) is 5.56 Å². The van der Waals surface area contributed by atoms with Crippen molar-refractivity contribution >= 4 is 56.2 Å². The van der Waals surface area contributed by atoms with Crippen LogP contribution in [-0.2, 0) is 6.61 Å². The van der Waals surface area contributed by atoms with Crippen molar-refractivity contribution in [2.75, 3.05) is 7.11 Å². The molecule has 4 aromatic rings. The Morgan fingerprint density at radius 3 is 2.61 bits per heavy atom. The van der Waals surface area contributed by atoms with Gasteiger partial charge in [-0.2, -0.15) is 5.10 Å². The van der Waals surface area contributed by atoms with Crippen LogP contribution in [0.25, 0.3) is 10.9 Å². The lowest BCUT2D eigenvalue weighted by atomic mass is 10.2. The van der Waals surface area contributed by atoms with Crippen LogP contribution in [0.1, 0.15) is 11.1 Å². The predicted octanol–water partition coefficient (Wildman–Crippen LogP) is 5.23. The lowest BCUT2D eigenvalue weighted by molar-refractivity contribution is 0.284. The molecule has 0 amide bonds. The molecule has 0 saturated heterocycles. The third-order valence-corrected chi connectivity index (χ3v) is 6.61. The van der Waals surface area contributed by atoms with Crippen molar-refractivity contribution in [3.05, 3.63) is 101 Å². The van der Waals surface area contributed by atoms with E-state index < -0.39 is 11.2 Å². The number of nitrogens with zero attached hydrogens (tertiary/aromatic N) is 2. The molecule has 0 aliphatic heterocycles.